The third-order valence-electron chi connectivity index (χ3n) is 4.27. The number of hydrogen-bond acceptors (Lipinski definition) is 5. The number of methoxy groups -OCH3 is 1. The van der Waals surface area contributed by atoms with Crippen LogP contribution >= 0.6 is 11.6 Å². The number of nitrogens with one attached hydrogen (secondary N) is 1. The van der Waals surface area contributed by atoms with Gasteiger partial charge in [-0.25, -0.2) is 0 Å². The molecular formula is C19H16ClN3O5. The van der Waals surface area contributed by atoms with E-state index in [1.54, 1.807) is 22.8 Å². The molecule has 0 bridgehead atoms. The van der Waals surface area contributed by atoms with Crippen molar-refractivity contribution in [2.45, 2.75) is 13.5 Å². The molecule has 1 N–H and O–H groups in total. The number of carbonyl (C=O) groups is 1. The predicted molar refractivity (Wildman–Crippen MR) is 106 cm³/mol. The number of carbonyl (C=O) groups excluding carboxylic acids is 1. The highest BCUT2D eigenvalue weighted by molar-refractivity contribution is 6.32. The molecule has 3 rings (SSSR count). The summed E-state index contributed by atoms with van der Waals surface area (Å²) in [6.45, 7) is 2.42. The van der Waals surface area contributed by atoms with Gasteiger partial charge in [-0.15, -0.1) is 0 Å². The van der Waals surface area contributed by atoms with Crippen LogP contribution in [0.5, 0.6) is 5.75 Å². The lowest BCUT2D eigenvalue weighted by Crippen LogP contribution is -2.24. The number of amides is 1. The molecule has 0 aliphatic heterocycles. The van der Waals surface area contributed by atoms with Gasteiger partial charge in [-0.05, 0) is 37.3 Å². The van der Waals surface area contributed by atoms with Crippen LogP contribution in [0.1, 0.15) is 17.3 Å². The molecule has 8 nitrogen and oxygen atoms in total. The quantitative estimate of drug-likeness (QED) is 0.516. The molecule has 1 amide bonds. The average Bonchev–Trinajstić information content (AvgIpc) is 2.69. The first kappa shape index (κ1) is 19.4. The van der Waals surface area contributed by atoms with Crippen LogP contribution in [-0.2, 0) is 6.54 Å². The number of rotatable bonds is 5. The maximum absolute atomic E-state index is 12.9. The number of benzene rings is 2. The van der Waals surface area contributed by atoms with Gasteiger partial charge in [-0.3, -0.25) is 19.7 Å². The van der Waals surface area contributed by atoms with Gasteiger partial charge in [0.15, 0.2) is 0 Å². The topological polar surface area (TPSA) is 103 Å². The summed E-state index contributed by atoms with van der Waals surface area (Å²) in [5, 5.41) is 13.8. The van der Waals surface area contributed by atoms with Crippen LogP contribution in [-0.4, -0.2) is 22.5 Å². The molecule has 1 heterocycles. The smallest absolute Gasteiger partial charge is 0.289 e. The molecule has 3 aromatic rings. The van der Waals surface area contributed by atoms with E-state index in [2.05, 4.69) is 5.32 Å². The highest BCUT2D eigenvalue weighted by atomic mass is 35.5. The van der Waals surface area contributed by atoms with Crippen LogP contribution in [0, 0.1) is 10.1 Å². The second-order valence-electron chi connectivity index (χ2n) is 5.92. The first-order valence-corrected chi connectivity index (χ1v) is 8.70. The summed E-state index contributed by atoms with van der Waals surface area (Å²) in [6, 6.07) is 8.95. The molecule has 9 heteroatoms. The van der Waals surface area contributed by atoms with E-state index in [9.17, 15) is 19.7 Å². The van der Waals surface area contributed by atoms with Gasteiger partial charge >= 0.3 is 0 Å². The molecule has 0 atom stereocenters. The molecule has 0 saturated heterocycles. The number of fused-ring (bicyclic) bond motifs is 1. The third kappa shape index (κ3) is 3.54. The Morgan fingerprint density at radius 3 is 2.68 bits per heavy atom. The van der Waals surface area contributed by atoms with Crippen molar-refractivity contribution in [1.29, 1.82) is 0 Å². The Bertz CT molecular complexity index is 1160. The van der Waals surface area contributed by atoms with E-state index in [-0.39, 0.29) is 22.0 Å². The summed E-state index contributed by atoms with van der Waals surface area (Å²) in [5.74, 6) is -0.174. The minimum atomic E-state index is -0.673. The fourth-order valence-corrected chi connectivity index (χ4v) is 3.04. The largest absolute Gasteiger partial charge is 0.497 e. The number of ether oxygens (including phenoxy) is 1. The molecule has 0 spiro atoms. The average molecular weight is 402 g/mol. The molecule has 0 aliphatic rings. The number of nitro groups is 1. The maximum atomic E-state index is 12.9. The van der Waals surface area contributed by atoms with E-state index in [0.29, 0.717) is 23.2 Å². The zero-order chi connectivity index (χ0) is 20.4. The summed E-state index contributed by atoms with van der Waals surface area (Å²) in [4.78, 5) is 35.9. The Kier molecular flexibility index (Phi) is 5.32. The number of nitrogens with zero attached hydrogens (tertiary/aromatic N) is 2. The van der Waals surface area contributed by atoms with Crippen molar-refractivity contribution in [3.63, 3.8) is 0 Å². The summed E-state index contributed by atoms with van der Waals surface area (Å²) in [7, 11) is 1.49. The van der Waals surface area contributed by atoms with Crippen LogP contribution in [0.4, 0.5) is 11.4 Å². The maximum Gasteiger partial charge on any atom is 0.289 e. The Labute approximate surface area is 164 Å². The summed E-state index contributed by atoms with van der Waals surface area (Å²) in [6.07, 6.45) is 1.47. The molecular weight excluding hydrogens is 386 g/mol. The van der Waals surface area contributed by atoms with Crippen molar-refractivity contribution in [3.8, 4) is 5.75 Å². The van der Waals surface area contributed by atoms with Crippen molar-refractivity contribution in [1.82, 2.24) is 4.57 Å². The van der Waals surface area contributed by atoms with Crippen molar-refractivity contribution in [3.05, 3.63) is 73.5 Å². The molecule has 0 saturated carbocycles. The Hall–Kier alpha value is -3.39. The highest BCUT2D eigenvalue weighted by Gasteiger charge is 2.18. The Morgan fingerprint density at radius 1 is 1.29 bits per heavy atom. The monoisotopic (exact) mass is 401 g/mol. The standard InChI is InChI=1S/C19H16ClN3O5/c1-3-22-10-14(18(24)13-9-12(28-2)5-7-16(13)22)19(25)21-11-4-6-15(20)17(8-11)23(26)27/h4-10H,3H2,1-2H3,(H,21,25). The zero-order valence-corrected chi connectivity index (χ0v) is 15.8. The number of anilines is 1. The van der Waals surface area contributed by atoms with Gasteiger partial charge in [0.2, 0.25) is 5.43 Å². The number of aromatic nitrogens is 1. The Morgan fingerprint density at radius 2 is 2.04 bits per heavy atom. The van der Waals surface area contributed by atoms with Gasteiger partial charge < -0.3 is 14.6 Å². The summed E-state index contributed by atoms with van der Waals surface area (Å²) in [5.41, 5.74) is -0.0466. The van der Waals surface area contributed by atoms with Crippen molar-refractivity contribution in [2.24, 2.45) is 0 Å². The highest BCUT2D eigenvalue weighted by Crippen LogP contribution is 2.27. The summed E-state index contributed by atoms with van der Waals surface area (Å²) >= 11 is 5.78. The molecule has 0 aliphatic carbocycles. The molecule has 2 aromatic carbocycles. The Balaban J connectivity index is 2.07. The minimum Gasteiger partial charge on any atom is -0.497 e. The van der Waals surface area contributed by atoms with Crippen LogP contribution in [0.15, 0.2) is 47.4 Å². The van der Waals surface area contributed by atoms with Gasteiger partial charge in [0.25, 0.3) is 11.6 Å². The predicted octanol–water partition coefficient (Wildman–Crippen LogP) is 3.84. The van der Waals surface area contributed by atoms with Crippen molar-refractivity contribution >= 4 is 39.8 Å². The molecule has 0 radical (unpaired) electrons. The van der Waals surface area contributed by atoms with Gasteiger partial charge in [-0.1, -0.05) is 11.6 Å². The number of pyridine rings is 1. The fourth-order valence-electron chi connectivity index (χ4n) is 2.86. The first-order chi connectivity index (χ1) is 13.3. The number of hydrogen-bond donors (Lipinski definition) is 1. The van der Waals surface area contributed by atoms with E-state index in [4.69, 9.17) is 16.3 Å². The lowest BCUT2D eigenvalue weighted by molar-refractivity contribution is -0.384. The SMILES string of the molecule is CCn1cc(C(=O)Nc2ccc(Cl)c([N+](=O)[O-])c2)c(=O)c2cc(OC)ccc21. The van der Waals surface area contributed by atoms with Gasteiger partial charge in [-0.2, -0.15) is 0 Å². The van der Waals surface area contributed by atoms with Gasteiger partial charge in [0.05, 0.1) is 22.9 Å². The lowest BCUT2D eigenvalue weighted by Gasteiger charge is -2.13. The second kappa shape index (κ2) is 7.69. The van der Waals surface area contributed by atoms with E-state index in [1.165, 1.54) is 25.4 Å². The van der Waals surface area contributed by atoms with Gasteiger partial charge in [0, 0.05) is 24.5 Å². The molecule has 0 fully saturated rings. The molecule has 144 valence electrons. The lowest BCUT2D eigenvalue weighted by atomic mass is 10.1. The molecule has 1 aromatic heterocycles. The summed E-state index contributed by atoms with van der Waals surface area (Å²) < 4.78 is 6.94. The fraction of sp³-hybridized carbons (Fsp3) is 0.158. The van der Waals surface area contributed by atoms with E-state index >= 15 is 0 Å². The normalized spacial score (nSPS) is 10.7. The number of halogens is 1. The zero-order valence-electron chi connectivity index (χ0n) is 15.1. The molecule has 0 unspecified atom stereocenters. The van der Waals surface area contributed by atoms with Crippen molar-refractivity contribution < 1.29 is 14.5 Å². The van der Waals surface area contributed by atoms with Crippen LogP contribution in [0.25, 0.3) is 10.9 Å². The van der Waals surface area contributed by atoms with Gasteiger partial charge in [0.1, 0.15) is 16.3 Å². The van der Waals surface area contributed by atoms with Crippen LogP contribution < -0.4 is 15.5 Å². The minimum absolute atomic E-state index is 0.0471. The van der Waals surface area contributed by atoms with Crippen LogP contribution in [0.2, 0.25) is 5.02 Å². The van der Waals surface area contributed by atoms with Crippen LogP contribution in [0.3, 0.4) is 0 Å². The van der Waals surface area contributed by atoms with E-state index in [0.717, 1.165) is 6.07 Å². The van der Waals surface area contributed by atoms with E-state index in [1.807, 2.05) is 6.92 Å². The first-order valence-electron chi connectivity index (χ1n) is 8.32. The van der Waals surface area contributed by atoms with E-state index < -0.39 is 16.3 Å². The number of aryl methyl sites for hydroxylation is 1. The second-order valence-corrected chi connectivity index (χ2v) is 6.33. The third-order valence-corrected chi connectivity index (χ3v) is 4.59. The molecule has 28 heavy (non-hydrogen) atoms. The van der Waals surface area contributed by atoms with Crippen molar-refractivity contribution in [2.75, 3.05) is 12.4 Å². The number of nitro benzene ring substituents is 1.